The molecule has 0 heterocycles. The molecule has 62 valence electrons. The lowest BCUT2D eigenvalue weighted by atomic mass is 10.1. The zero-order chi connectivity index (χ0) is 8.10. The van der Waals surface area contributed by atoms with E-state index in [4.69, 9.17) is 6.42 Å². The molecule has 1 fully saturated rings. The van der Waals surface area contributed by atoms with E-state index in [0.29, 0.717) is 6.04 Å². The second-order valence-corrected chi connectivity index (χ2v) is 3.31. The quantitative estimate of drug-likeness (QED) is 0.591. The zero-order valence-corrected chi connectivity index (χ0v) is 7.27. The number of hydrogen-bond donors (Lipinski definition) is 1. The molecule has 0 spiro atoms. The Morgan fingerprint density at radius 3 is 2.82 bits per heavy atom. The van der Waals surface area contributed by atoms with Crippen LogP contribution < -0.4 is 5.32 Å². The Hall–Kier alpha value is -0.480. The van der Waals surface area contributed by atoms with Gasteiger partial charge in [-0.1, -0.05) is 6.92 Å². The molecular formula is C10H17N. The molecule has 0 amide bonds. The van der Waals surface area contributed by atoms with Crippen LogP contribution in [0, 0.1) is 18.3 Å². The van der Waals surface area contributed by atoms with Crippen LogP contribution in [0.4, 0.5) is 0 Å². The van der Waals surface area contributed by atoms with Gasteiger partial charge in [0.15, 0.2) is 0 Å². The highest BCUT2D eigenvalue weighted by molar-refractivity contribution is 4.96. The van der Waals surface area contributed by atoms with Crippen molar-refractivity contribution >= 4 is 0 Å². The SMILES string of the molecule is C#CCC(NCCC)C1CC1. The van der Waals surface area contributed by atoms with Crippen molar-refractivity contribution in [2.75, 3.05) is 6.54 Å². The van der Waals surface area contributed by atoms with E-state index in [9.17, 15) is 0 Å². The summed E-state index contributed by atoms with van der Waals surface area (Å²) >= 11 is 0. The average Bonchev–Trinajstić information content (AvgIpc) is 2.80. The zero-order valence-electron chi connectivity index (χ0n) is 7.27. The summed E-state index contributed by atoms with van der Waals surface area (Å²) in [4.78, 5) is 0. The van der Waals surface area contributed by atoms with Crippen LogP contribution in [0.25, 0.3) is 0 Å². The normalized spacial score (nSPS) is 19.3. The second kappa shape index (κ2) is 4.41. The van der Waals surface area contributed by atoms with E-state index in [0.717, 1.165) is 18.9 Å². The fraction of sp³-hybridized carbons (Fsp3) is 0.800. The average molecular weight is 151 g/mol. The van der Waals surface area contributed by atoms with Gasteiger partial charge >= 0.3 is 0 Å². The summed E-state index contributed by atoms with van der Waals surface area (Å²) in [6, 6.07) is 0.611. The van der Waals surface area contributed by atoms with Crippen molar-refractivity contribution in [1.29, 1.82) is 0 Å². The predicted molar refractivity (Wildman–Crippen MR) is 48.3 cm³/mol. The van der Waals surface area contributed by atoms with Crippen LogP contribution in [0.1, 0.15) is 32.6 Å². The fourth-order valence-electron chi connectivity index (χ4n) is 1.36. The van der Waals surface area contributed by atoms with E-state index in [1.54, 1.807) is 0 Å². The number of hydrogen-bond acceptors (Lipinski definition) is 1. The lowest BCUT2D eigenvalue weighted by Crippen LogP contribution is -2.31. The highest BCUT2D eigenvalue weighted by Crippen LogP contribution is 2.33. The molecule has 1 atom stereocenters. The number of rotatable bonds is 5. The minimum Gasteiger partial charge on any atom is -0.313 e. The first kappa shape index (κ1) is 8.62. The molecule has 1 rings (SSSR count). The van der Waals surface area contributed by atoms with E-state index < -0.39 is 0 Å². The van der Waals surface area contributed by atoms with Crippen LogP contribution in [0.2, 0.25) is 0 Å². The Balaban J connectivity index is 2.16. The maximum Gasteiger partial charge on any atom is 0.0243 e. The molecule has 0 radical (unpaired) electrons. The van der Waals surface area contributed by atoms with E-state index >= 15 is 0 Å². The van der Waals surface area contributed by atoms with E-state index in [1.807, 2.05) is 0 Å². The highest BCUT2D eigenvalue weighted by atomic mass is 14.9. The maximum atomic E-state index is 5.28. The first-order chi connectivity index (χ1) is 5.38. The summed E-state index contributed by atoms with van der Waals surface area (Å²) in [5.41, 5.74) is 0. The third-order valence-electron chi connectivity index (χ3n) is 2.19. The molecule has 0 bridgehead atoms. The molecule has 0 aliphatic heterocycles. The molecule has 0 saturated heterocycles. The largest absolute Gasteiger partial charge is 0.313 e. The first-order valence-corrected chi connectivity index (χ1v) is 4.55. The third kappa shape index (κ3) is 2.95. The summed E-state index contributed by atoms with van der Waals surface area (Å²) in [5.74, 6) is 3.62. The summed E-state index contributed by atoms with van der Waals surface area (Å²) in [7, 11) is 0. The van der Waals surface area contributed by atoms with Gasteiger partial charge in [0.1, 0.15) is 0 Å². The van der Waals surface area contributed by atoms with Crippen LogP contribution in [0.15, 0.2) is 0 Å². The number of nitrogens with one attached hydrogen (secondary N) is 1. The van der Waals surface area contributed by atoms with E-state index in [2.05, 4.69) is 18.2 Å². The molecule has 0 aromatic carbocycles. The Labute approximate surface area is 69.6 Å². The van der Waals surface area contributed by atoms with Crippen molar-refractivity contribution in [3.05, 3.63) is 0 Å². The Morgan fingerprint density at radius 1 is 1.64 bits per heavy atom. The number of terminal acetylenes is 1. The van der Waals surface area contributed by atoms with Gasteiger partial charge < -0.3 is 5.32 Å². The van der Waals surface area contributed by atoms with Gasteiger partial charge in [-0.3, -0.25) is 0 Å². The standard InChI is InChI=1S/C10H17N/c1-3-5-10(9-6-7-9)11-8-4-2/h1,9-11H,4-8H2,2H3. The van der Waals surface area contributed by atoms with E-state index in [1.165, 1.54) is 19.3 Å². The van der Waals surface area contributed by atoms with Crippen molar-refractivity contribution < 1.29 is 0 Å². The minimum absolute atomic E-state index is 0.611. The summed E-state index contributed by atoms with van der Waals surface area (Å²) < 4.78 is 0. The molecule has 1 heteroatoms. The van der Waals surface area contributed by atoms with Crippen LogP contribution in [-0.2, 0) is 0 Å². The molecule has 0 aromatic heterocycles. The topological polar surface area (TPSA) is 12.0 Å². The smallest absolute Gasteiger partial charge is 0.0243 e. The summed E-state index contributed by atoms with van der Waals surface area (Å²) in [6.07, 6.45) is 10.1. The van der Waals surface area contributed by atoms with Crippen molar-refractivity contribution in [3.63, 3.8) is 0 Å². The molecule has 1 aliphatic rings. The Kier molecular flexibility index (Phi) is 3.45. The minimum atomic E-state index is 0.611. The molecule has 0 aromatic rings. The highest BCUT2D eigenvalue weighted by Gasteiger charge is 2.29. The Morgan fingerprint density at radius 2 is 2.36 bits per heavy atom. The molecule has 1 N–H and O–H groups in total. The molecule has 1 nitrogen and oxygen atoms in total. The van der Waals surface area contributed by atoms with Crippen LogP contribution in [0.5, 0.6) is 0 Å². The lowest BCUT2D eigenvalue weighted by molar-refractivity contribution is 0.471. The monoisotopic (exact) mass is 151 g/mol. The summed E-state index contributed by atoms with van der Waals surface area (Å²) in [5, 5.41) is 3.49. The van der Waals surface area contributed by atoms with Crippen LogP contribution in [-0.4, -0.2) is 12.6 Å². The van der Waals surface area contributed by atoms with Crippen molar-refractivity contribution in [3.8, 4) is 12.3 Å². The van der Waals surface area contributed by atoms with Gasteiger partial charge in [-0.05, 0) is 31.7 Å². The molecule has 1 saturated carbocycles. The van der Waals surface area contributed by atoms with Gasteiger partial charge in [0.25, 0.3) is 0 Å². The fourth-order valence-corrected chi connectivity index (χ4v) is 1.36. The molecular weight excluding hydrogens is 134 g/mol. The van der Waals surface area contributed by atoms with Gasteiger partial charge in [0, 0.05) is 12.5 Å². The molecule has 1 aliphatic carbocycles. The van der Waals surface area contributed by atoms with Gasteiger partial charge in [-0.15, -0.1) is 12.3 Å². The second-order valence-electron chi connectivity index (χ2n) is 3.31. The maximum absolute atomic E-state index is 5.28. The van der Waals surface area contributed by atoms with Crippen molar-refractivity contribution in [1.82, 2.24) is 5.32 Å². The molecule has 1 unspecified atom stereocenters. The lowest BCUT2D eigenvalue weighted by Gasteiger charge is -2.14. The third-order valence-corrected chi connectivity index (χ3v) is 2.19. The van der Waals surface area contributed by atoms with Gasteiger partial charge in [-0.25, -0.2) is 0 Å². The van der Waals surface area contributed by atoms with Crippen molar-refractivity contribution in [2.45, 2.75) is 38.6 Å². The molecule has 11 heavy (non-hydrogen) atoms. The first-order valence-electron chi connectivity index (χ1n) is 4.55. The van der Waals surface area contributed by atoms with Crippen LogP contribution >= 0.6 is 0 Å². The Bertz CT molecular complexity index is 141. The van der Waals surface area contributed by atoms with E-state index in [-0.39, 0.29) is 0 Å². The van der Waals surface area contributed by atoms with Gasteiger partial charge in [0.2, 0.25) is 0 Å². The summed E-state index contributed by atoms with van der Waals surface area (Å²) in [6.45, 7) is 3.30. The van der Waals surface area contributed by atoms with Gasteiger partial charge in [-0.2, -0.15) is 0 Å². The van der Waals surface area contributed by atoms with Crippen molar-refractivity contribution in [2.24, 2.45) is 5.92 Å². The predicted octanol–water partition coefficient (Wildman–Crippen LogP) is 1.79. The van der Waals surface area contributed by atoms with Gasteiger partial charge in [0.05, 0.1) is 0 Å². The van der Waals surface area contributed by atoms with Crippen LogP contribution in [0.3, 0.4) is 0 Å².